The number of nitrogens with zero attached hydrogens (tertiary/aromatic N) is 1. The Morgan fingerprint density at radius 3 is 2.31 bits per heavy atom. The minimum atomic E-state index is 0.135. The van der Waals surface area contributed by atoms with Crippen LogP contribution in [-0.4, -0.2) is 41.9 Å². The van der Waals surface area contributed by atoms with E-state index in [-0.39, 0.29) is 23.8 Å². The molecule has 5 nitrogen and oxygen atoms in total. The number of amides is 2. The Hall–Kier alpha value is -1.88. The molecule has 2 bridgehead atoms. The van der Waals surface area contributed by atoms with E-state index in [0.29, 0.717) is 24.3 Å². The number of nitrogens with two attached hydrogens (primary N) is 1. The summed E-state index contributed by atoms with van der Waals surface area (Å²) in [4.78, 5) is 27.3. The SMILES string of the molecule is NC1C2CCCC1CC(C(=O)NC1CCN(C(=O)CCc3ccccc3)CC1)C2. The molecule has 5 heteroatoms. The lowest BCUT2D eigenvalue weighted by atomic mass is 9.65. The van der Waals surface area contributed by atoms with E-state index in [9.17, 15) is 9.59 Å². The van der Waals surface area contributed by atoms with E-state index in [1.807, 2.05) is 23.1 Å². The molecule has 2 saturated carbocycles. The van der Waals surface area contributed by atoms with Gasteiger partial charge in [0.05, 0.1) is 0 Å². The van der Waals surface area contributed by atoms with Gasteiger partial charge in [0.25, 0.3) is 0 Å². The van der Waals surface area contributed by atoms with E-state index in [1.54, 1.807) is 0 Å². The third kappa shape index (κ3) is 5.00. The van der Waals surface area contributed by atoms with Gasteiger partial charge in [-0.05, 0) is 62.3 Å². The molecule has 4 rings (SSSR count). The first-order chi connectivity index (χ1) is 14.1. The summed E-state index contributed by atoms with van der Waals surface area (Å²) in [7, 11) is 0. The number of benzene rings is 1. The molecule has 3 fully saturated rings. The van der Waals surface area contributed by atoms with Crippen LogP contribution in [0.5, 0.6) is 0 Å². The fourth-order valence-electron chi connectivity index (χ4n) is 5.65. The molecule has 1 aromatic rings. The minimum Gasteiger partial charge on any atom is -0.353 e. The maximum atomic E-state index is 12.8. The second-order valence-corrected chi connectivity index (χ2v) is 9.35. The Morgan fingerprint density at radius 1 is 1.00 bits per heavy atom. The highest BCUT2D eigenvalue weighted by atomic mass is 16.2. The number of carbonyl (C=O) groups excluding carboxylic acids is 2. The molecule has 29 heavy (non-hydrogen) atoms. The van der Waals surface area contributed by atoms with E-state index in [4.69, 9.17) is 5.73 Å². The summed E-state index contributed by atoms with van der Waals surface area (Å²) >= 11 is 0. The Labute approximate surface area is 174 Å². The van der Waals surface area contributed by atoms with Crippen molar-refractivity contribution in [1.29, 1.82) is 0 Å². The van der Waals surface area contributed by atoms with Crippen molar-refractivity contribution in [3.8, 4) is 0 Å². The minimum absolute atomic E-state index is 0.135. The van der Waals surface area contributed by atoms with E-state index in [1.165, 1.54) is 24.8 Å². The smallest absolute Gasteiger partial charge is 0.223 e. The van der Waals surface area contributed by atoms with Crippen LogP contribution in [0, 0.1) is 17.8 Å². The van der Waals surface area contributed by atoms with Crippen LogP contribution in [0.15, 0.2) is 30.3 Å². The van der Waals surface area contributed by atoms with Gasteiger partial charge in [0.1, 0.15) is 0 Å². The van der Waals surface area contributed by atoms with Crippen LogP contribution in [0.1, 0.15) is 56.9 Å². The quantitative estimate of drug-likeness (QED) is 0.802. The lowest BCUT2D eigenvalue weighted by Crippen LogP contribution is -2.52. The number of nitrogens with one attached hydrogen (secondary N) is 1. The summed E-state index contributed by atoms with van der Waals surface area (Å²) in [5, 5.41) is 3.29. The monoisotopic (exact) mass is 397 g/mol. The topological polar surface area (TPSA) is 75.4 Å². The van der Waals surface area contributed by atoms with Gasteiger partial charge in [0.2, 0.25) is 11.8 Å². The van der Waals surface area contributed by atoms with Gasteiger partial charge in [0, 0.05) is 37.5 Å². The largest absolute Gasteiger partial charge is 0.353 e. The molecule has 1 saturated heterocycles. The molecule has 0 radical (unpaired) electrons. The zero-order valence-corrected chi connectivity index (χ0v) is 17.4. The fourth-order valence-corrected chi connectivity index (χ4v) is 5.65. The normalized spacial score (nSPS) is 30.0. The molecular weight excluding hydrogens is 362 g/mol. The summed E-state index contributed by atoms with van der Waals surface area (Å²) in [5.74, 6) is 1.65. The predicted molar refractivity (Wildman–Crippen MR) is 114 cm³/mol. The summed E-state index contributed by atoms with van der Waals surface area (Å²) in [6.07, 6.45) is 8.64. The molecule has 2 atom stereocenters. The number of aryl methyl sites for hydroxylation is 1. The highest BCUT2D eigenvalue weighted by Gasteiger charge is 2.41. The fraction of sp³-hybridized carbons (Fsp3) is 0.667. The highest BCUT2D eigenvalue weighted by molar-refractivity contribution is 5.79. The number of fused-ring (bicyclic) bond motifs is 2. The van der Waals surface area contributed by atoms with E-state index in [2.05, 4.69) is 17.4 Å². The molecule has 1 aromatic carbocycles. The number of hydrogen-bond donors (Lipinski definition) is 2. The zero-order chi connectivity index (χ0) is 20.2. The lowest BCUT2D eigenvalue weighted by Gasteiger charge is -2.44. The van der Waals surface area contributed by atoms with Crippen LogP contribution in [-0.2, 0) is 16.0 Å². The molecule has 3 N–H and O–H groups in total. The van der Waals surface area contributed by atoms with Crippen molar-refractivity contribution >= 4 is 11.8 Å². The second kappa shape index (κ2) is 9.29. The molecule has 0 aromatic heterocycles. The number of rotatable bonds is 5. The molecule has 0 spiro atoms. The van der Waals surface area contributed by atoms with Crippen LogP contribution < -0.4 is 11.1 Å². The predicted octanol–water partition coefficient (Wildman–Crippen LogP) is 2.88. The van der Waals surface area contributed by atoms with Crippen LogP contribution in [0.4, 0.5) is 0 Å². The van der Waals surface area contributed by atoms with Gasteiger partial charge in [0.15, 0.2) is 0 Å². The van der Waals surface area contributed by atoms with Gasteiger partial charge in [-0.1, -0.05) is 36.8 Å². The molecule has 2 unspecified atom stereocenters. The Bertz CT molecular complexity index is 685. The van der Waals surface area contributed by atoms with Gasteiger partial charge < -0.3 is 16.0 Å². The molecule has 2 aliphatic carbocycles. The molecular formula is C24H35N3O2. The maximum absolute atomic E-state index is 12.8. The summed E-state index contributed by atoms with van der Waals surface area (Å²) in [6.45, 7) is 1.50. The lowest BCUT2D eigenvalue weighted by molar-refractivity contribution is -0.132. The number of hydrogen-bond acceptors (Lipinski definition) is 3. The summed E-state index contributed by atoms with van der Waals surface area (Å²) < 4.78 is 0. The van der Waals surface area contributed by atoms with Gasteiger partial charge in [-0.15, -0.1) is 0 Å². The van der Waals surface area contributed by atoms with Crippen molar-refractivity contribution in [3.63, 3.8) is 0 Å². The number of piperidine rings is 1. The van der Waals surface area contributed by atoms with Crippen LogP contribution in [0.2, 0.25) is 0 Å². The first kappa shape index (κ1) is 20.4. The Morgan fingerprint density at radius 2 is 1.66 bits per heavy atom. The third-order valence-corrected chi connectivity index (χ3v) is 7.45. The summed E-state index contributed by atoms with van der Waals surface area (Å²) in [5.41, 5.74) is 7.58. The standard InChI is InChI=1S/C24H35N3O2/c25-23-18-7-4-8-19(23)16-20(15-18)24(29)26-21-11-13-27(14-12-21)22(28)10-9-17-5-2-1-3-6-17/h1-3,5-6,18-21,23H,4,7-16,25H2,(H,26,29). The second-order valence-electron chi connectivity index (χ2n) is 9.35. The van der Waals surface area contributed by atoms with Gasteiger partial charge in [-0.25, -0.2) is 0 Å². The molecule has 2 amide bonds. The molecule has 1 aliphatic heterocycles. The van der Waals surface area contributed by atoms with E-state index in [0.717, 1.165) is 45.2 Å². The Kier molecular flexibility index (Phi) is 6.53. The van der Waals surface area contributed by atoms with Crippen molar-refractivity contribution in [1.82, 2.24) is 10.2 Å². The molecule has 158 valence electrons. The summed E-state index contributed by atoms with van der Waals surface area (Å²) in [6, 6.07) is 10.7. The van der Waals surface area contributed by atoms with Gasteiger partial charge >= 0.3 is 0 Å². The Balaban J connectivity index is 1.20. The molecule has 3 aliphatic rings. The van der Waals surface area contributed by atoms with Crippen molar-refractivity contribution in [2.75, 3.05) is 13.1 Å². The van der Waals surface area contributed by atoms with Crippen molar-refractivity contribution < 1.29 is 9.59 Å². The average molecular weight is 398 g/mol. The maximum Gasteiger partial charge on any atom is 0.223 e. The first-order valence-electron chi connectivity index (χ1n) is 11.5. The van der Waals surface area contributed by atoms with Gasteiger partial charge in [-0.3, -0.25) is 9.59 Å². The third-order valence-electron chi connectivity index (χ3n) is 7.45. The zero-order valence-electron chi connectivity index (χ0n) is 17.4. The van der Waals surface area contributed by atoms with Gasteiger partial charge in [-0.2, -0.15) is 0 Å². The van der Waals surface area contributed by atoms with Crippen LogP contribution in [0.3, 0.4) is 0 Å². The number of likely N-dealkylation sites (tertiary alicyclic amines) is 1. The number of carbonyl (C=O) groups is 2. The van der Waals surface area contributed by atoms with Crippen molar-refractivity contribution in [3.05, 3.63) is 35.9 Å². The first-order valence-corrected chi connectivity index (χ1v) is 11.5. The van der Waals surface area contributed by atoms with E-state index >= 15 is 0 Å². The van der Waals surface area contributed by atoms with Crippen LogP contribution in [0.25, 0.3) is 0 Å². The van der Waals surface area contributed by atoms with Crippen LogP contribution >= 0.6 is 0 Å². The highest BCUT2D eigenvalue weighted by Crippen LogP contribution is 2.42. The van der Waals surface area contributed by atoms with E-state index < -0.39 is 0 Å². The van der Waals surface area contributed by atoms with Crippen molar-refractivity contribution in [2.45, 2.75) is 69.9 Å². The molecule has 1 heterocycles. The average Bonchev–Trinajstić information content (AvgIpc) is 2.73. The van der Waals surface area contributed by atoms with Crippen molar-refractivity contribution in [2.24, 2.45) is 23.5 Å².